The maximum absolute atomic E-state index is 13.3. The molecular formula is C26H19ClN2O3S. The summed E-state index contributed by atoms with van der Waals surface area (Å²) in [5.41, 5.74) is 4.00. The molecule has 5 rings (SSSR count). The van der Waals surface area contributed by atoms with Crippen LogP contribution in [-0.2, 0) is 9.59 Å². The highest BCUT2D eigenvalue weighted by Crippen LogP contribution is 2.44. The number of aliphatic hydroxyl groups is 1. The van der Waals surface area contributed by atoms with E-state index in [0.29, 0.717) is 21.3 Å². The van der Waals surface area contributed by atoms with Gasteiger partial charge in [0.25, 0.3) is 5.78 Å². The van der Waals surface area contributed by atoms with E-state index in [1.54, 1.807) is 36.4 Å². The zero-order valence-electron chi connectivity index (χ0n) is 17.9. The number of carbonyl (C=O) groups excluding carboxylic acids is 2. The van der Waals surface area contributed by atoms with E-state index in [9.17, 15) is 14.7 Å². The molecule has 3 aromatic carbocycles. The molecule has 0 spiro atoms. The number of aromatic nitrogens is 1. The molecule has 1 aliphatic heterocycles. The van der Waals surface area contributed by atoms with Crippen LogP contribution in [0.3, 0.4) is 0 Å². The number of rotatable bonds is 3. The molecule has 4 aromatic rings. The molecule has 0 radical (unpaired) electrons. The van der Waals surface area contributed by atoms with Gasteiger partial charge in [-0.15, -0.1) is 0 Å². The number of aliphatic hydroxyl groups excluding tert-OH is 1. The van der Waals surface area contributed by atoms with Crippen molar-refractivity contribution in [2.75, 3.05) is 4.90 Å². The number of amides is 1. The Hall–Kier alpha value is -3.48. The first kappa shape index (κ1) is 21.4. The number of fused-ring (bicyclic) bond motifs is 1. The molecule has 0 saturated carbocycles. The highest BCUT2D eigenvalue weighted by Gasteiger charge is 2.48. The summed E-state index contributed by atoms with van der Waals surface area (Å²) < 4.78 is 0.917. The van der Waals surface area contributed by atoms with Gasteiger partial charge < -0.3 is 5.11 Å². The third kappa shape index (κ3) is 3.71. The summed E-state index contributed by atoms with van der Waals surface area (Å²) in [5.74, 6) is -1.68. The van der Waals surface area contributed by atoms with Gasteiger partial charge in [0.1, 0.15) is 5.76 Å². The van der Waals surface area contributed by atoms with Gasteiger partial charge in [-0.05, 0) is 49.2 Å². The summed E-state index contributed by atoms with van der Waals surface area (Å²) >= 11 is 7.43. The Morgan fingerprint density at radius 2 is 1.64 bits per heavy atom. The van der Waals surface area contributed by atoms with Gasteiger partial charge in [-0.25, -0.2) is 4.98 Å². The van der Waals surface area contributed by atoms with Crippen LogP contribution in [0.2, 0.25) is 5.02 Å². The number of halogens is 1. The van der Waals surface area contributed by atoms with Crippen LogP contribution in [0.1, 0.15) is 28.3 Å². The van der Waals surface area contributed by atoms with Crippen molar-refractivity contribution < 1.29 is 14.7 Å². The van der Waals surface area contributed by atoms with Crippen molar-refractivity contribution in [1.82, 2.24) is 4.98 Å². The van der Waals surface area contributed by atoms with Gasteiger partial charge in [0, 0.05) is 10.6 Å². The van der Waals surface area contributed by atoms with Crippen molar-refractivity contribution >= 4 is 55.7 Å². The Balaban J connectivity index is 1.73. The summed E-state index contributed by atoms with van der Waals surface area (Å²) in [6.07, 6.45) is 0. The summed E-state index contributed by atoms with van der Waals surface area (Å²) in [6, 6.07) is 19.1. The molecule has 2 heterocycles. The van der Waals surface area contributed by atoms with Gasteiger partial charge in [0.15, 0.2) is 5.13 Å². The lowest BCUT2D eigenvalue weighted by molar-refractivity contribution is -0.132. The Labute approximate surface area is 199 Å². The van der Waals surface area contributed by atoms with Crippen LogP contribution in [0.4, 0.5) is 5.13 Å². The van der Waals surface area contributed by atoms with E-state index >= 15 is 0 Å². The molecule has 1 aromatic heterocycles. The first-order chi connectivity index (χ1) is 15.8. The van der Waals surface area contributed by atoms with Crippen molar-refractivity contribution in [1.29, 1.82) is 0 Å². The van der Waals surface area contributed by atoms with Gasteiger partial charge in [-0.1, -0.05) is 71.0 Å². The monoisotopic (exact) mass is 474 g/mol. The molecule has 1 amide bonds. The largest absolute Gasteiger partial charge is 0.507 e. The number of hydrogen-bond donors (Lipinski definition) is 1. The highest BCUT2D eigenvalue weighted by molar-refractivity contribution is 7.22. The molecule has 0 bridgehead atoms. The number of Topliss-reactive ketones (excluding diaryl/α,β-unsaturated/α-hetero) is 1. The molecule has 1 aliphatic rings. The van der Waals surface area contributed by atoms with Crippen LogP contribution in [0.15, 0.2) is 72.3 Å². The standard InChI is InChI=1S/C26H19ClN2O3S/c1-14-3-6-17(7-4-14)23(30)21-22(16-8-10-18(27)11-9-16)29(25(32)24(21)31)26-28-19-12-5-15(2)13-20(19)33-26/h3-13,22,30H,1-2H3/b23-21+. The van der Waals surface area contributed by atoms with E-state index in [0.717, 1.165) is 21.3 Å². The van der Waals surface area contributed by atoms with Crippen LogP contribution >= 0.6 is 22.9 Å². The van der Waals surface area contributed by atoms with Crippen LogP contribution in [0.25, 0.3) is 16.0 Å². The van der Waals surface area contributed by atoms with E-state index in [4.69, 9.17) is 11.6 Å². The number of thiazole rings is 1. The zero-order valence-corrected chi connectivity index (χ0v) is 19.4. The van der Waals surface area contributed by atoms with Gasteiger partial charge in [-0.2, -0.15) is 0 Å². The third-order valence-electron chi connectivity index (χ3n) is 5.69. The van der Waals surface area contributed by atoms with E-state index in [2.05, 4.69) is 4.98 Å². The van der Waals surface area contributed by atoms with Crippen molar-refractivity contribution in [2.24, 2.45) is 0 Å². The quantitative estimate of drug-likeness (QED) is 0.218. The average molecular weight is 475 g/mol. The van der Waals surface area contributed by atoms with E-state index in [-0.39, 0.29) is 11.3 Å². The van der Waals surface area contributed by atoms with Crippen molar-refractivity contribution in [3.05, 3.63) is 99.6 Å². The summed E-state index contributed by atoms with van der Waals surface area (Å²) in [6.45, 7) is 3.92. The number of aryl methyl sites for hydroxylation is 2. The summed E-state index contributed by atoms with van der Waals surface area (Å²) in [5, 5.41) is 12.1. The number of benzene rings is 3. The maximum Gasteiger partial charge on any atom is 0.301 e. The second kappa shape index (κ2) is 8.14. The Morgan fingerprint density at radius 1 is 0.970 bits per heavy atom. The fraction of sp³-hybridized carbons (Fsp3) is 0.115. The minimum absolute atomic E-state index is 0.0293. The lowest BCUT2D eigenvalue weighted by Gasteiger charge is -2.23. The second-order valence-corrected chi connectivity index (χ2v) is 9.50. The third-order valence-corrected chi connectivity index (χ3v) is 6.96. The summed E-state index contributed by atoms with van der Waals surface area (Å²) in [7, 11) is 0. The highest BCUT2D eigenvalue weighted by atomic mass is 35.5. The predicted molar refractivity (Wildman–Crippen MR) is 132 cm³/mol. The molecule has 1 fully saturated rings. The molecule has 33 heavy (non-hydrogen) atoms. The van der Waals surface area contributed by atoms with E-state index < -0.39 is 17.7 Å². The van der Waals surface area contributed by atoms with Gasteiger partial charge in [0.2, 0.25) is 0 Å². The van der Waals surface area contributed by atoms with E-state index in [1.807, 2.05) is 44.2 Å². The number of hydrogen-bond acceptors (Lipinski definition) is 5. The number of carbonyl (C=O) groups is 2. The molecule has 7 heteroatoms. The lowest BCUT2D eigenvalue weighted by Crippen LogP contribution is -2.29. The smallest absolute Gasteiger partial charge is 0.301 e. The number of nitrogens with zero attached hydrogens (tertiary/aromatic N) is 2. The maximum atomic E-state index is 13.3. The van der Waals surface area contributed by atoms with Gasteiger partial charge in [-0.3, -0.25) is 14.5 Å². The normalized spacial score (nSPS) is 17.8. The van der Waals surface area contributed by atoms with Crippen LogP contribution < -0.4 is 4.90 Å². The molecule has 1 unspecified atom stereocenters. The molecular weight excluding hydrogens is 456 g/mol. The van der Waals surface area contributed by atoms with Crippen molar-refractivity contribution in [2.45, 2.75) is 19.9 Å². The first-order valence-corrected chi connectivity index (χ1v) is 11.5. The minimum Gasteiger partial charge on any atom is -0.507 e. The zero-order chi connectivity index (χ0) is 23.3. The average Bonchev–Trinajstić information content (AvgIpc) is 3.32. The van der Waals surface area contributed by atoms with Crippen LogP contribution in [0, 0.1) is 13.8 Å². The van der Waals surface area contributed by atoms with Gasteiger partial charge >= 0.3 is 5.91 Å². The number of anilines is 1. The fourth-order valence-corrected chi connectivity index (χ4v) is 5.20. The predicted octanol–water partition coefficient (Wildman–Crippen LogP) is 6.19. The molecule has 164 valence electrons. The molecule has 1 atom stereocenters. The fourth-order valence-electron chi connectivity index (χ4n) is 3.98. The minimum atomic E-state index is -0.828. The molecule has 1 N–H and O–H groups in total. The second-order valence-electron chi connectivity index (χ2n) is 8.05. The van der Waals surface area contributed by atoms with Crippen molar-refractivity contribution in [3.8, 4) is 0 Å². The van der Waals surface area contributed by atoms with Crippen LogP contribution in [-0.4, -0.2) is 21.8 Å². The van der Waals surface area contributed by atoms with Crippen molar-refractivity contribution in [3.63, 3.8) is 0 Å². The topological polar surface area (TPSA) is 70.5 Å². The molecule has 1 saturated heterocycles. The lowest BCUT2D eigenvalue weighted by atomic mass is 9.95. The van der Waals surface area contributed by atoms with E-state index in [1.165, 1.54) is 16.2 Å². The Bertz CT molecular complexity index is 1440. The number of ketones is 1. The SMILES string of the molecule is Cc1ccc(/C(O)=C2\C(=O)C(=O)N(c3nc4ccc(C)cc4s3)C2c2ccc(Cl)cc2)cc1. The summed E-state index contributed by atoms with van der Waals surface area (Å²) in [4.78, 5) is 32.5. The Morgan fingerprint density at radius 3 is 2.33 bits per heavy atom. The molecule has 0 aliphatic carbocycles. The van der Waals surface area contributed by atoms with Crippen LogP contribution in [0.5, 0.6) is 0 Å². The first-order valence-electron chi connectivity index (χ1n) is 10.3. The van der Waals surface area contributed by atoms with Gasteiger partial charge in [0.05, 0.1) is 21.8 Å². The Kier molecular flexibility index (Phi) is 5.27. The molecule has 5 nitrogen and oxygen atoms in total.